The SMILES string of the molecule is CCCNC(CCO)COc1ccc(Cl)cc1. The third kappa shape index (κ3) is 5.91. The Labute approximate surface area is 108 Å². The summed E-state index contributed by atoms with van der Waals surface area (Å²) in [5.74, 6) is 0.802. The van der Waals surface area contributed by atoms with Gasteiger partial charge in [-0.05, 0) is 43.7 Å². The fraction of sp³-hybridized carbons (Fsp3) is 0.538. The van der Waals surface area contributed by atoms with Crippen molar-refractivity contribution in [3.8, 4) is 5.75 Å². The van der Waals surface area contributed by atoms with Gasteiger partial charge in [-0.25, -0.2) is 0 Å². The van der Waals surface area contributed by atoms with E-state index in [-0.39, 0.29) is 12.6 Å². The van der Waals surface area contributed by atoms with Crippen molar-refractivity contribution in [3.63, 3.8) is 0 Å². The van der Waals surface area contributed by atoms with Crippen LogP contribution in [0.1, 0.15) is 19.8 Å². The van der Waals surface area contributed by atoms with E-state index in [1.54, 1.807) is 12.1 Å². The molecule has 4 heteroatoms. The molecule has 3 nitrogen and oxygen atoms in total. The zero-order valence-corrected chi connectivity index (χ0v) is 10.9. The molecule has 0 aliphatic carbocycles. The van der Waals surface area contributed by atoms with Crippen molar-refractivity contribution in [2.45, 2.75) is 25.8 Å². The zero-order chi connectivity index (χ0) is 12.5. The van der Waals surface area contributed by atoms with Crippen LogP contribution in [0.3, 0.4) is 0 Å². The normalized spacial score (nSPS) is 12.4. The monoisotopic (exact) mass is 257 g/mol. The summed E-state index contributed by atoms with van der Waals surface area (Å²) in [6.45, 7) is 3.78. The summed E-state index contributed by atoms with van der Waals surface area (Å²) >= 11 is 5.79. The molecular weight excluding hydrogens is 238 g/mol. The summed E-state index contributed by atoms with van der Waals surface area (Å²) in [7, 11) is 0. The third-order valence-corrected chi connectivity index (χ3v) is 2.68. The summed E-state index contributed by atoms with van der Waals surface area (Å²) in [5, 5.41) is 13.0. The van der Waals surface area contributed by atoms with Crippen molar-refractivity contribution in [1.29, 1.82) is 0 Å². The minimum absolute atomic E-state index is 0.172. The summed E-state index contributed by atoms with van der Waals surface area (Å²) < 4.78 is 5.64. The largest absolute Gasteiger partial charge is 0.492 e. The van der Waals surface area contributed by atoms with Gasteiger partial charge < -0.3 is 15.2 Å². The van der Waals surface area contributed by atoms with Crippen molar-refractivity contribution in [3.05, 3.63) is 29.3 Å². The lowest BCUT2D eigenvalue weighted by atomic mass is 10.2. The van der Waals surface area contributed by atoms with Gasteiger partial charge in [-0.15, -0.1) is 0 Å². The molecule has 0 radical (unpaired) electrons. The van der Waals surface area contributed by atoms with E-state index in [2.05, 4.69) is 12.2 Å². The molecule has 96 valence electrons. The van der Waals surface area contributed by atoms with Crippen LogP contribution in [0.2, 0.25) is 5.02 Å². The first kappa shape index (κ1) is 14.3. The number of hydrogen-bond donors (Lipinski definition) is 2. The zero-order valence-electron chi connectivity index (χ0n) is 10.2. The molecule has 0 amide bonds. The topological polar surface area (TPSA) is 41.5 Å². The Morgan fingerprint density at radius 1 is 1.35 bits per heavy atom. The second kappa shape index (κ2) is 8.34. The highest BCUT2D eigenvalue weighted by atomic mass is 35.5. The Bertz CT molecular complexity index is 303. The Morgan fingerprint density at radius 2 is 2.06 bits per heavy atom. The highest BCUT2D eigenvalue weighted by Crippen LogP contribution is 2.15. The molecule has 1 aromatic carbocycles. The molecule has 1 aromatic rings. The minimum atomic E-state index is 0.172. The number of ether oxygens (including phenoxy) is 1. The lowest BCUT2D eigenvalue weighted by Gasteiger charge is -2.18. The van der Waals surface area contributed by atoms with Crippen molar-refractivity contribution in [2.75, 3.05) is 19.8 Å². The van der Waals surface area contributed by atoms with E-state index in [4.69, 9.17) is 21.4 Å². The van der Waals surface area contributed by atoms with Gasteiger partial charge in [0.1, 0.15) is 12.4 Å². The molecule has 1 atom stereocenters. The van der Waals surface area contributed by atoms with Gasteiger partial charge in [-0.1, -0.05) is 18.5 Å². The van der Waals surface area contributed by atoms with Gasteiger partial charge in [0.2, 0.25) is 0 Å². The second-order valence-electron chi connectivity index (χ2n) is 3.93. The van der Waals surface area contributed by atoms with E-state index in [1.165, 1.54) is 0 Å². The summed E-state index contributed by atoms with van der Waals surface area (Å²) in [6.07, 6.45) is 1.77. The van der Waals surface area contributed by atoms with Crippen molar-refractivity contribution in [1.82, 2.24) is 5.32 Å². The molecular formula is C13H20ClNO2. The summed E-state index contributed by atoms with van der Waals surface area (Å²) in [5.41, 5.74) is 0. The summed E-state index contributed by atoms with van der Waals surface area (Å²) in [4.78, 5) is 0. The van der Waals surface area contributed by atoms with Crippen LogP contribution in [0.5, 0.6) is 5.75 Å². The molecule has 0 heterocycles. The number of hydrogen-bond acceptors (Lipinski definition) is 3. The highest BCUT2D eigenvalue weighted by molar-refractivity contribution is 6.30. The molecule has 0 aromatic heterocycles. The first-order valence-corrected chi connectivity index (χ1v) is 6.36. The molecule has 0 aliphatic heterocycles. The van der Waals surface area contributed by atoms with Crippen LogP contribution in [0.4, 0.5) is 0 Å². The van der Waals surface area contributed by atoms with Gasteiger partial charge in [0, 0.05) is 17.7 Å². The maximum atomic E-state index is 8.96. The molecule has 0 saturated carbocycles. The molecule has 17 heavy (non-hydrogen) atoms. The molecule has 0 bridgehead atoms. The highest BCUT2D eigenvalue weighted by Gasteiger charge is 2.07. The molecule has 0 saturated heterocycles. The van der Waals surface area contributed by atoms with E-state index in [9.17, 15) is 0 Å². The predicted molar refractivity (Wildman–Crippen MR) is 70.7 cm³/mol. The molecule has 2 N–H and O–H groups in total. The van der Waals surface area contributed by atoms with Crippen LogP contribution in [0.25, 0.3) is 0 Å². The quantitative estimate of drug-likeness (QED) is 0.752. The van der Waals surface area contributed by atoms with Crippen LogP contribution in [0, 0.1) is 0 Å². The van der Waals surface area contributed by atoms with E-state index in [1.807, 2.05) is 12.1 Å². The maximum absolute atomic E-state index is 8.96. The van der Waals surface area contributed by atoms with Crippen molar-refractivity contribution in [2.24, 2.45) is 0 Å². The van der Waals surface area contributed by atoms with Gasteiger partial charge in [-0.2, -0.15) is 0 Å². The lowest BCUT2D eigenvalue weighted by molar-refractivity contribution is 0.214. The number of halogens is 1. The number of aliphatic hydroxyl groups excluding tert-OH is 1. The summed E-state index contributed by atoms with van der Waals surface area (Å²) in [6, 6.07) is 7.49. The van der Waals surface area contributed by atoms with Crippen LogP contribution in [-0.4, -0.2) is 30.9 Å². The minimum Gasteiger partial charge on any atom is -0.492 e. The van der Waals surface area contributed by atoms with Crippen molar-refractivity contribution < 1.29 is 9.84 Å². The van der Waals surface area contributed by atoms with E-state index < -0.39 is 0 Å². The first-order chi connectivity index (χ1) is 8.26. The van der Waals surface area contributed by atoms with Crippen molar-refractivity contribution >= 4 is 11.6 Å². The third-order valence-electron chi connectivity index (χ3n) is 2.43. The Morgan fingerprint density at radius 3 is 2.65 bits per heavy atom. The maximum Gasteiger partial charge on any atom is 0.119 e. The molecule has 1 unspecified atom stereocenters. The van der Waals surface area contributed by atoms with Gasteiger partial charge >= 0.3 is 0 Å². The second-order valence-corrected chi connectivity index (χ2v) is 4.36. The lowest BCUT2D eigenvalue weighted by Crippen LogP contribution is -2.36. The van der Waals surface area contributed by atoms with Gasteiger partial charge in [-0.3, -0.25) is 0 Å². The van der Waals surface area contributed by atoms with Crippen LogP contribution >= 0.6 is 11.6 Å². The Balaban J connectivity index is 2.37. The van der Waals surface area contributed by atoms with Gasteiger partial charge in [0.05, 0.1) is 0 Å². The fourth-order valence-electron chi connectivity index (χ4n) is 1.48. The smallest absolute Gasteiger partial charge is 0.119 e. The van der Waals surface area contributed by atoms with Gasteiger partial charge in [0.25, 0.3) is 0 Å². The average molecular weight is 258 g/mol. The fourth-order valence-corrected chi connectivity index (χ4v) is 1.60. The number of aliphatic hydroxyl groups is 1. The van der Waals surface area contributed by atoms with Crippen LogP contribution < -0.4 is 10.1 Å². The number of rotatable bonds is 8. The van der Waals surface area contributed by atoms with Crippen LogP contribution in [-0.2, 0) is 0 Å². The van der Waals surface area contributed by atoms with Crippen LogP contribution in [0.15, 0.2) is 24.3 Å². The molecule has 0 spiro atoms. The number of benzene rings is 1. The van der Waals surface area contributed by atoms with E-state index >= 15 is 0 Å². The number of nitrogens with one attached hydrogen (secondary N) is 1. The molecule has 1 rings (SSSR count). The van der Waals surface area contributed by atoms with E-state index in [0.717, 1.165) is 18.7 Å². The Kier molecular flexibility index (Phi) is 7.01. The van der Waals surface area contributed by atoms with E-state index in [0.29, 0.717) is 18.1 Å². The Hall–Kier alpha value is -0.770. The predicted octanol–water partition coefficient (Wildman–Crippen LogP) is 2.47. The standard InChI is InChI=1S/C13H20ClNO2/c1-2-8-15-12(7-9-16)10-17-13-5-3-11(14)4-6-13/h3-6,12,15-16H,2,7-10H2,1H3. The molecule has 0 fully saturated rings. The van der Waals surface area contributed by atoms with Gasteiger partial charge in [0.15, 0.2) is 0 Å². The first-order valence-electron chi connectivity index (χ1n) is 5.99. The average Bonchev–Trinajstić information content (AvgIpc) is 2.35. The molecule has 0 aliphatic rings.